The molecule has 1 aromatic rings. The molecule has 7 heteroatoms. The number of nitrogens with one attached hydrogen (secondary N) is 1. The highest BCUT2D eigenvalue weighted by atomic mass is 19.1. The SMILES string of the molecule is COCCC(C)Nc1cc(F)cc(F)c1[N+](=O)[O-]. The molecule has 0 aliphatic rings. The summed E-state index contributed by atoms with van der Waals surface area (Å²) in [4.78, 5) is 9.85. The number of benzene rings is 1. The lowest BCUT2D eigenvalue weighted by atomic mass is 10.2. The second kappa shape index (κ2) is 6.25. The molecule has 0 saturated carbocycles. The zero-order chi connectivity index (χ0) is 13.7. The number of halogens is 2. The fourth-order valence-corrected chi connectivity index (χ4v) is 1.49. The Morgan fingerprint density at radius 1 is 1.50 bits per heavy atom. The van der Waals surface area contributed by atoms with E-state index in [2.05, 4.69) is 5.32 Å². The molecule has 0 radical (unpaired) electrons. The van der Waals surface area contributed by atoms with E-state index in [4.69, 9.17) is 4.74 Å². The van der Waals surface area contributed by atoms with E-state index >= 15 is 0 Å². The summed E-state index contributed by atoms with van der Waals surface area (Å²) in [5.74, 6) is -2.05. The highest BCUT2D eigenvalue weighted by Crippen LogP contribution is 2.29. The molecule has 1 atom stereocenters. The summed E-state index contributed by atoms with van der Waals surface area (Å²) in [6, 6.07) is 1.19. The van der Waals surface area contributed by atoms with E-state index in [0.717, 1.165) is 6.07 Å². The van der Waals surface area contributed by atoms with Gasteiger partial charge in [0.15, 0.2) is 0 Å². The average Bonchev–Trinajstić information content (AvgIpc) is 2.24. The Morgan fingerprint density at radius 3 is 2.72 bits per heavy atom. The van der Waals surface area contributed by atoms with E-state index in [1.54, 1.807) is 6.92 Å². The van der Waals surface area contributed by atoms with Gasteiger partial charge in [-0.25, -0.2) is 4.39 Å². The van der Waals surface area contributed by atoms with Crippen molar-refractivity contribution in [3.8, 4) is 0 Å². The summed E-state index contributed by atoms with van der Waals surface area (Å²) in [6.45, 7) is 2.19. The Balaban J connectivity index is 2.96. The third-order valence-electron chi connectivity index (χ3n) is 2.37. The van der Waals surface area contributed by atoms with Crippen LogP contribution >= 0.6 is 0 Å². The largest absolute Gasteiger partial charge is 0.385 e. The molecule has 1 aromatic carbocycles. The van der Waals surface area contributed by atoms with Crippen molar-refractivity contribution in [2.75, 3.05) is 19.0 Å². The van der Waals surface area contributed by atoms with Crippen LogP contribution < -0.4 is 5.32 Å². The van der Waals surface area contributed by atoms with Crippen molar-refractivity contribution < 1.29 is 18.4 Å². The summed E-state index contributed by atoms with van der Waals surface area (Å²) >= 11 is 0. The van der Waals surface area contributed by atoms with Gasteiger partial charge in [0.05, 0.1) is 4.92 Å². The van der Waals surface area contributed by atoms with Gasteiger partial charge in [0.25, 0.3) is 0 Å². The monoisotopic (exact) mass is 260 g/mol. The van der Waals surface area contributed by atoms with Crippen LogP contribution in [-0.4, -0.2) is 24.7 Å². The summed E-state index contributed by atoms with van der Waals surface area (Å²) < 4.78 is 31.2. The minimum absolute atomic E-state index is 0.166. The standard InChI is InChI=1S/C11H14F2N2O3/c1-7(3-4-18-2)14-10-6-8(12)5-9(13)11(10)15(16)17/h5-7,14H,3-4H2,1-2H3. The highest BCUT2D eigenvalue weighted by molar-refractivity contribution is 5.62. The van der Waals surface area contributed by atoms with Crippen molar-refractivity contribution in [2.45, 2.75) is 19.4 Å². The molecule has 0 aliphatic carbocycles. The lowest BCUT2D eigenvalue weighted by molar-refractivity contribution is -0.386. The van der Waals surface area contributed by atoms with Crippen molar-refractivity contribution in [2.24, 2.45) is 0 Å². The Kier molecular flexibility index (Phi) is 4.96. The molecule has 0 amide bonds. The third kappa shape index (κ3) is 3.63. The molecule has 1 rings (SSSR count). The van der Waals surface area contributed by atoms with Crippen LogP contribution in [0.15, 0.2) is 12.1 Å². The predicted octanol–water partition coefficient (Wildman–Crippen LogP) is 2.71. The van der Waals surface area contributed by atoms with Gasteiger partial charge in [-0.05, 0) is 13.3 Å². The summed E-state index contributed by atoms with van der Waals surface area (Å²) in [5.41, 5.74) is -0.915. The van der Waals surface area contributed by atoms with Gasteiger partial charge >= 0.3 is 5.69 Å². The minimum atomic E-state index is -1.19. The first-order chi connectivity index (χ1) is 8.45. The predicted molar refractivity (Wildman–Crippen MR) is 62.6 cm³/mol. The second-order valence-corrected chi connectivity index (χ2v) is 3.87. The van der Waals surface area contributed by atoms with Gasteiger partial charge in [-0.2, -0.15) is 4.39 Å². The topological polar surface area (TPSA) is 64.4 Å². The first-order valence-electron chi connectivity index (χ1n) is 5.34. The quantitative estimate of drug-likeness (QED) is 0.631. The molecule has 0 saturated heterocycles. The van der Waals surface area contributed by atoms with E-state index in [-0.39, 0.29) is 11.7 Å². The van der Waals surface area contributed by atoms with Crippen LogP contribution in [0.5, 0.6) is 0 Å². The molecule has 5 nitrogen and oxygen atoms in total. The molecule has 0 bridgehead atoms. The van der Waals surface area contributed by atoms with Gasteiger partial charge in [0, 0.05) is 31.9 Å². The number of nitro groups is 1. The maximum absolute atomic E-state index is 13.3. The van der Waals surface area contributed by atoms with Gasteiger partial charge < -0.3 is 10.1 Å². The zero-order valence-corrected chi connectivity index (χ0v) is 10.1. The van der Waals surface area contributed by atoms with Crippen LogP contribution in [-0.2, 0) is 4.74 Å². The van der Waals surface area contributed by atoms with Crippen molar-refractivity contribution in [1.82, 2.24) is 0 Å². The molecular weight excluding hydrogens is 246 g/mol. The fourth-order valence-electron chi connectivity index (χ4n) is 1.49. The number of methoxy groups -OCH3 is 1. The molecule has 0 spiro atoms. The van der Waals surface area contributed by atoms with Crippen LogP contribution in [0, 0.1) is 21.7 Å². The number of ether oxygens (including phenoxy) is 1. The van der Waals surface area contributed by atoms with Crippen molar-refractivity contribution >= 4 is 11.4 Å². The van der Waals surface area contributed by atoms with Crippen LogP contribution in [0.2, 0.25) is 0 Å². The normalized spacial score (nSPS) is 12.2. The molecule has 0 fully saturated rings. The van der Waals surface area contributed by atoms with Crippen molar-refractivity contribution in [3.05, 3.63) is 33.9 Å². The first kappa shape index (κ1) is 14.3. The summed E-state index contributed by atoms with van der Waals surface area (Å²) in [7, 11) is 1.52. The van der Waals surface area contributed by atoms with Gasteiger partial charge in [-0.15, -0.1) is 0 Å². The fraction of sp³-hybridized carbons (Fsp3) is 0.455. The second-order valence-electron chi connectivity index (χ2n) is 3.87. The Labute approximate surface area is 103 Å². The van der Waals surface area contributed by atoms with E-state index < -0.39 is 22.2 Å². The van der Waals surface area contributed by atoms with E-state index in [0.29, 0.717) is 19.1 Å². The number of hydrogen-bond acceptors (Lipinski definition) is 4. The first-order valence-corrected chi connectivity index (χ1v) is 5.34. The van der Waals surface area contributed by atoms with Gasteiger partial charge in [0.1, 0.15) is 11.5 Å². The molecule has 18 heavy (non-hydrogen) atoms. The highest BCUT2D eigenvalue weighted by Gasteiger charge is 2.22. The smallest absolute Gasteiger partial charge is 0.327 e. The number of anilines is 1. The summed E-state index contributed by atoms with van der Waals surface area (Å²) in [5, 5.41) is 13.4. The molecule has 0 heterocycles. The van der Waals surface area contributed by atoms with E-state index in [1.807, 2.05) is 0 Å². The molecular formula is C11H14F2N2O3. The number of rotatable bonds is 6. The van der Waals surface area contributed by atoms with Crippen LogP contribution in [0.4, 0.5) is 20.2 Å². The van der Waals surface area contributed by atoms with E-state index in [9.17, 15) is 18.9 Å². The summed E-state index contributed by atoms with van der Waals surface area (Å²) in [6.07, 6.45) is 0.561. The van der Waals surface area contributed by atoms with Gasteiger partial charge in [-0.3, -0.25) is 10.1 Å². The molecule has 1 N–H and O–H groups in total. The Hall–Kier alpha value is -1.76. The van der Waals surface area contributed by atoms with Crippen molar-refractivity contribution in [3.63, 3.8) is 0 Å². The maximum atomic E-state index is 13.3. The number of nitro benzene ring substituents is 1. The van der Waals surface area contributed by atoms with Gasteiger partial charge in [-0.1, -0.05) is 0 Å². The Bertz CT molecular complexity index is 441. The molecule has 1 unspecified atom stereocenters. The van der Waals surface area contributed by atoms with Gasteiger partial charge in [0.2, 0.25) is 5.82 Å². The third-order valence-corrected chi connectivity index (χ3v) is 2.37. The molecule has 0 aliphatic heterocycles. The zero-order valence-electron chi connectivity index (χ0n) is 10.1. The van der Waals surface area contributed by atoms with Crippen LogP contribution in [0.25, 0.3) is 0 Å². The van der Waals surface area contributed by atoms with Crippen LogP contribution in [0.3, 0.4) is 0 Å². The van der Waals surface area contributed by atoms with Crippen LogP contribution in [0.1, 0.15) is 13.3 Å². The minimum Gasteiger partial charge on any atom is -0.385 e. The van der Waals surface area contributed by atoms with E-state index in [1.165, 1.54) is 7.11 Å². The number of hydrogen-bond donors (Lipinski definition) is 1. The lowest BCUT2D eigenvalue weighted by Crippen LogP contribution is -2.18. The average molecular weight is 260 g/mol. The number of nitrogens with zero attached hydrogens (tertiary/aromatic N) is 1. The lowest BCUT2D eigenvalue weighted by Gasteiger charge is -2.15. The Morgan fingerprint density at radius 2 is 2.17 bits per heavy atom. The molecule has 0 aromatic heterocycles. The maximum Gasteiger partial charge on any atom is 0.327 e. The van der Waals surface area contributed by atoms with Crippen molar-refractivity contribution in [1.29, 1.82) is 0 Å². The molecule has 100 valence electrons.